The van der Waals surface area contributed by atoms with Crippen molar-refractivity contribution >= 4 is 34.4 Å². The third-order valence-corrected chi connectivity index (χ3v) is 8.90. The van der Waals surface area contributed by atoms with Gasteiger partial charge >= 0.3 is 0 Å². The molecule has 3 unspecified atom stereocenters. The van der Waals surface area contributed by atoms with Gasteiger partial charge in [0.15, 0.2) is 11.5 Å². The number of nitrogens with zero attached hydrogens (tertiary/aromatic N) is 1. The number of carbonyl (C=O) groups excluding carboxylic acids is 2. The highest BCUT2D eigenvalue weighted by molar-refractivity contribution is 14.1. The van der Waals surface area contributed by atoms with Crippen LogP contribution in [0.1, 0.15) is 103 Å². The van der Waals surface area contributed by atoms with Gasteiger partial charge in [-0.25, -0.2) is 0 Å². The van der Waals surface area contributed by atoms with Crippen LogP contribution in [0.5, 0.6) is 11.5 Å². The Hall–Kier alpha value is -1.89. The average Bonchev–Trinajstić information content (AvgIpc) is 3.00. The van der Waals surface area contributed by atoms with E-state index in [1.54, 1.807) is 23.1 Å². The maximum atomic E-state index is 13.7. The van der Waals surface area contributed by atoms with E-state index in [0.29, 0.717) is 45.1 Å². The van der Waals surface area contributed by atoms with Gasteiger partial charge in [0.25, 0.3) is 0 Å². The van der Waals surface area contributed by atoms with E-state index < -0.39 is 18.2 Å². The first-order valence-corrected chi connectivity index (χ1v) is 17.5. The second kappa shape index (κ2) is 21.0. The molecule has 2 amide bonds. The number of aliphatic hydroxyl groups is 3. The third kappa shape index (κ3) is 12.5. The number of hydrogen-bond acceptors (Lipinski definition) is 7. The highest BCUT2D eigenvalue weighted by atomic mass is 127. The van der Waals surface area contributed by atoms with E-state index in [-0.39, 0.29) is 38.0 Å². The van der Waals surface area contributed by atoms with Gasteiger partial charge in [-0.15, -0.1) is 0 Å². The molecule has 1 aromatic carbocycles. The second-order valence-electron chi connectivity index (χ2n) is 12.1. The van der Waals surface area contributed by atoms with Crippen LogP contribution in [-0.2, 0) is 16.2 Å². The van der Waals surface area contributed by atoms with Crippen LogP contribution in [0.4, 0.5) is 0 Å². The Balaban J connectivity index is 2.27. The zero-order valence-corrected chi connectivity index (χ0v) is 29.3. The van der Waals surface area contributed by atoms with E-state index in [0.717, 1.165) is 25.7 Å². The standard InChI is InChI=1S/C34H55IN2O7/c1-5-6-7-8-9-10-11-12-13-14-31(40)37(17-15-24(2)3)28-21-26(34(42)36-16-18-38)22-29(32(28)41)44-33-27(35)19-25(23-39)20-30(33)43-4/h19-20,22,24,28-29,32,38-39,41H,5-18,21,23H2,1-4H3,(H,36,42). The number of unbranched alkanes of at least 4 members (excludes halogenated alkanes) is 8. The predicted molar refractivity (Wildman–Crippen MR) is 182 cm³/mol. The first-order valence-electron chi connectivity index (χ1n) is 16.4. The van der Waals surface area contributed by atoms with E-state index in [2.05, 4.69) is 48.7 Å². The number of methoxy groups -OCH3 is 1. The van der Waals surface area contributed by atoms with Crippen LogP contribution in [0.3, 0.4) is 0 Å². The molecule has 0 radical (unpaired) electrons. The lowest BCUT2D eigenvalue weighted by molar-refractivity contribution is -0.139. The molecule has 4 N–H and O–H groups in total. The van der Waals surface area contributed by atoms with Crippen molar-refractivity contribution in [3.63, 3.8) is 0 Å². The number of aliphatic hydroxyl groups excluding tert-OH is 3. The van der Waals surface area contributed by atoms with Crippen molar-refractivity contribution < 1.29 is 34.4 Å². The Morgan fingerprint density at radius 1 is 1.07 bits per heavy atom. The number of benzene rings is 1. The summed E-state index contributed by atoms with van der Waals surface area (Å²) in [5, 5.41) is 33.3. The summed E-state index contributed by atoms with van der Waals surface area (Å²) in [6.07, 6.45) is 11.3. The number of carbonyl (C=O) groups is 2. The largest absolute Gasteiger partial charge is 0.493 e. The molecule has 1 aliphatic carbocycles. The Bertz CT molecular complexity index is 1050. The summed E-state index contributed by atoms with van der Waals surface area (Å²) in [6, 6.07) is 2.78. The Labute approximate surface area is 277 Å². The van der Waals surface area contributed by atoms with Crippen molar-refractivity contribution in [3.05, 3.63) is 32.9 Å². The molecule has 9 nitrogen and oxygen atoms in total. The number of halogens is 1. The van der Waals surface area contributed by atoms with Crippen LogP contribution < -0.4 is 14.8 Å². The molecule has 250 valence electrons. The normalized spacial score (nSPS) is 18.2. The van der Waals surface area contributed by atoms with Crippen LogP contribution >= 0.6 is 22.6 Å². The van der Waals surface area contributed by atoms with E-state index in [1.807, 2.05) is 0 Å². The van der Waals surface area contributed by atoms with Gasteiger partial charge in [-0.2, -0.15) is 0 Å². The summed E-state index contributed by atoms with van der Waals surface area (Å²) in [6.45, 7) is 6.63. The lowest BCUT2D eigenvalue weighted by Gasteiger charge is -2.41. The van der Waals surface area contributed by atoms with E-state index >= 15 is 0 Å². The van der Waals surface area contributed by atoms with Gasteiger partial charge < -0.3 is 35.0 Å². The fourth-order valence-electron chi connectivity index (χ4n) is 5.50. The Kier molecular flexibility index (Phi) is 18.3. The lowest BCUT2D eigenvalue weighted by atomic mass is 9.87. The zero-order valence-electron chi connectivity index (χ0n) is 27.2. The van der Waals surface area contributed by atoms with Gasteiger partial charge in [-0.1, -0.05) is 72.1 Å². The quantitative estimate of drug-likeness (QED) is 0.0972. The highest BCUT2D eigenvalue weighted by Gasteiger charge is 2.40. The van der Waals surface area contributed by atoms with Gasteiger partial charge in [0.2, 0.25) is 11.8 Å². The van der Waals surface area contributed by atoms with E-state index in [4.69, 9.17) is 9.47 Å². The summed E-state index contributed by atoms with van der Waals surface area (Å²) < 4.78 is 12.6. The number of rotatable bonds is 21. The molecule has 0 aromatic heterocycles. The smallest absolute Gasteiger partial charge is 0.247 e. The van der Waals surface area contributed by atoms with Crippen molar-refractivity contribution in [2.75, 3.05) is 26.8 Å². The average molecular weight is 731 g/mol. The monoisotopic (exact) mass is 730 g/mol. The summed E-state index contributed by atoms with van der Waals surface area (Å²) in [5.41, 5.74) is 1.05. The van der Waals surface area contributed by atoms with E-state index in [9.17, 15) is 24.9 Å². The molecule has 10 heteroatoms. The molecule has 0 fully saturated rings. The number of nitrogens with one attached hydrogen (secondary N) is 1. The fraction of sp³-hybridized carbons (Fsp3) is 0.706. The highest BCUT2D eigenvalue weighted by Crippen LogP contribution is 2.37. The van der Waals surface area contributed by atoms with Crippen LogP contribution in [0, 0.1) is 9.49 Å². The van der Waals surface area contributed by atoms with Gasteiger partial charge in [-0.3, -0.25) is 9.59 Å². The molecular weight excluding hydrogens is 675 g/mol. The first-order chi connectivity index (χ1) is 21.2. The molecular formula is C34H55IN2O7. The van der Waals surface area contributed by atoms with Crippen molar-refractivity contribution in [2.24, 2.45) is 5.92 Å². The lowest BCUT2D eigenvalue weighted by Crippen LogP contribution is -2.55. The minimum Gasteiger partial charge on any atom is -0.493 e. The molecule has 0 heterocycles. The Morgan fingerprint density at radius 3 is 2.32 bits per heavy atom. The SMILES string of the molecule is CCCCCCCCCCCC(=O)N(CCC(C)C)C1CC(C(=O)NCCO)=CC(Oc2c(I)cc(CO)cc2OC)C1O. The maximum absolute atomic E-state index is 13.7. The molecule has 44 heavy (non-hydrogen) atoms. The van der Waals surface area contributed by atoms with Crippen LogP contribution in [0.2, 0.25) is 0 Å². The molecule has 1 aromatic rings. The minimum atomic E-state index is -1.10. The molecule has 0 bridgehead atoms. The zero-order chi connectivity index (χ0) is 32.5. The van der Waals surface area contributed by atoms with Crippen molar-refractivity contribution in [3.8, 4) is 11.5 Å². The first kappa shape index (κ1) is 38.3. The summed E-state index contributed by atoms with van der Waals surface area (Å²) in [4.78, 5) is 28.6. The predicted octanol–water partition coefficient (Wildman–Crippen LogP) is 5.50. The van der Waals surface area contributed by atoms with Gasteiger partial charge in [0, 0.05) is 31.5 Å². The van der Waals surface area contributed by atoms with Crippen molar-refractivity contribution in [2.45, 2.75) is 123 Å². The van der Waals surface area contributed by atoms with Gasteiger partial charge in [-0.05, 0) is 65.1 Å². The van der Waals surface area contributed by atoms with Gasteiger partial charge in [0.05, 0.1) is 29.9 Å². The van der Waals surface area contributed by atoms with Crippen LogP contribution in [0.25, 0.3) is 0 Å². The number of amides is 2. The molecule has 2 rings (SSSR count). The molecule has 0 spiro atoms. The van der Waals surface area contributed by atoms with Crippen molar-refractivity contribution in [1.29, 1.82) is 0 Å². The van der Waals surface area contributed by atoms with Crippen LogP contribution in [-0.4, -0.2) is 77.1 Å². The fourth-order valence-corrected chi connectivity index (χ4v) is 6.29. The van der Waals surface area contributed by atoms with Crippen molar-refractivity contribution in [1.82, 2.24) is 10.2 Å². The molecule has 3 atom stereocenters. The van der Waals surface area contributed by atoms with Crippen LogP contribution in [0.15, 0.2) is 23.8 Å². The number of hydrogen-bond donors (Lipinski definition) is 4. The minimum absolute atomic E-state index is 0.0205. The maximum Gasteiger partial charge on any atom is 0.247 e. The molecule has 1 aliphatic rings. The second-order valence-corrected chi connectivity index (χ2v) is 13.3. The van der Waals surface area contributed by atoms with E-state index in [1.165, 1.54) is 45.6 Å². The van der Waals surface area contributed by atoms with Gasteiger partial charge in [0.1, 0.15) is 12.2 Å². The molecule has 0 saturated heterocycles. The number of ether oxygens (including phenoxy) is 2. The summed E-state index contributed by atoms with van der Waals surface area (Å²) in [7, 11) is 1.50. The Morgan fingerprint density at radius 2 is 1.73 bits per heavy atom. The topological polar surface area (TPSA) is 129 Å². The molecule has 0 aliphatic heterocycles. The third-order valence-electron chi connectivity index (χ3n) is 8.10. The summed E-state index contributed by atoms with van der Waals surface area (Å²) in [5.74, 6) is 0.749. The summed E-state index contributed by atoms with van der Waals surface area (Å²) >= 11 is 2.09. The molecule has 0 saturated carbocycles.